The Morgan fingerprint density at radius 1 is 0.554 bits per heavy atom. The summed E-state index contributed by atoms with van der Waals surface area (Å²) in [5.74, 6) is 0. The summed E-state index contributed by atoms with van der Waals surface area (Å²) in [6.07, 6.45) is 2.20. The number of rotatable bonds is 2. The Morgan fingerprint density at radius 2 is 0.982 bits per heavy atom. The van der Waals surface area contributed by atoms with Crippen LogP contribution in [0.15, 0.2) is 85.0 Å². The van der Waals surface area contributed by atoms with Crippen LogP contribution in [0.1, 0.15) is 145 Å². The number of allylic oxidation sites excluding steroid dienone is 4. The Bertz CT molecular complexity index is 1930. The van der Waals surface area contributed by atoms with Crippen molar-refractivity contribution in [1.29, 1.82) is 0 Å². The summed E-state index contributed by atoms with van der Waals surface area (Å²) in [7, 11) is 0. The van der Waals surface area contributed by atoms with Crippen molar-refractivity contribution in [3.8, 4) is 11.1 Å². The quantitative estimate of drug-likeness (QED) is 0.0940. The maximum atomic E-state index is 12.5. The summed E-state index contributed by atoms with van der Waals surface area (Å²) in [5, 5.41) is 0. The van der Waals surface area contributed by atoms with Crippen LogP contribution in [-0.2, 0) is 64.3 Å². The van der Waals surface area contributed by atoms with Crippen LogP contribution in [0.4, 0.5) is 26.3 Å². The zero-order valence-corrected chi connectivity index (χ0v) is 38.4. The molecule has 296 valence electrons. The van der Waals surface area contributed by atoms with Crippen LogP contribution >= 0.6 is 0 Å². The molecule has 0 unspecified atom stereocenters. The van der Waals surface area contributed by atoms with Crippen molar-refractivity contribution in [3.05, 3.63) is 153 Å². The minimum absolute atomic E-state index is 0.0968. The zero-order valence-electron chi connectivity index (χ0n) is 34.8. The Morgan fingerprint density at radius 3 is 1.32 bits per heavy atom. The molecule has 4 aromatic carbocycles. The summed E-state index contributed by atoms with van der Waals surface area (Å²) in [6.45, 7) is 28.0. The molecule has 56 heavy (non-hydrogen) atoms. The van der Waals surface area contributed by atoms with Crippen LogP contribution in [0, 0.1) is 12.1 Å². The Kier molecular flexibility index (Phi) is 13.4. The molecule has 4 aromatic rings. The van der Waals surface area contributed by atoms with E-state index in [4.69, 9.17) is 0 Å². The molecule has 0 radical (unpaired) electrons. The molecule has 0 aliphatic heterocycles. The average Bonchev–Trinajstić information content (AvgIpc) is 3.77. The molecule has 0 spiro atoms. The van der Waals surface area contributed by atoms with Gasteiger partial charge in [0.2, 0.25) is 0 Å². The first-order valence-electron chi connectivity index (χ1n) is 18.9. The molecule has 0 saturated carbocycles. The van der Waals surface area contributed by atoms with Gasteiger partial charge in [0.25, 0.3) is 0 Å². The first kappa shape index (κ1) is 45.4. The molecule has 2 aliphatic rings. The van der Waals surface area contributed by atoms with E-state index < -0.39 is 23.5 Å². The maximum absolute atomic E-state index is 12.5. The molecule has 0 bridgehead atoms. The first-order valence-corrected chi connectivity index (χ1v) is 20.7. The van der Waals surface area contributed by atoms with E-state index in [1.807, 2.05) is 12.2 Å². The van der Waals surface area contributed by atoms with E-state index in [0.29, 0.717) is 35.0 Å². The summed E-state index contributed by atoms with van der Waals surface area (Å²) in [5.41, 5.74) is 11.6. The topological polar surface area (TPSA) is 0 Å². The fourth-order valence-corrected chi connectivity index (χ4v) is 7.98. The van der Waals surface area contributed by atoms with E-state index in [-0.39, 0.29) is 21.7 Å². The van der Waals surface area contributed by atoms with Gasteiger partial charge in [-0.2, -0.15) is 23.8 Å². The number of halogens is 6. The van der Waals surface area contributed by atoms with Crippen LogP contribution in [-0.4, -0.2) is 3.26 Å². The number of hydrogen-bond donors (Lipinski definition) is 0. The standard InChI is InChI=1S/C29H41.C15H8F6.C5H5.Hf/c1-26(2,3)22-14-18-13-19-15-23(27(4,5)6)25(29(10,11)12)17-21(19)20(18)16-24(22)28(7,8)9;16-14(17,18)12-5-1-10(2-6-12)9-11-3-7-13(8-4-11)15(19,20)21;1-2-4-5-3-1;/h14,16-17H,13H2,1-12H3;1-8H;1-3H,4H2;/q-1;;-1;+2. The summed E-state index contributed by atoms with van der Waals surface area (Å²) in [4.78, 5) is 0. The van der Waals surface area contributed by atoms with Crippen molar-refractivity contribution in [3.63, 3.8) is 0 Å². The molecule has 0 aromatic heterocycles. The number of hydrogen-bond acceptors (Lipinski definition) is 0. The molecule has 0 nitrogen and oxygen atoms in total. The van der Waals surface area contributed by atoms with E-state index >= 15 is 0 Å². The molecular weight excluding hydrogens is 881 g/mol. The molecule has 0 atom stereocenters. The third-order valence-electron chi connectivity index (χ3n) is 9.82. The van der Waals surface area contributed by atoms with Crippen LogP contribution in [0.5, 0.6) is 0 Å². The Balaban J connectivity index is 0.000000227. The Labute approximate surface area is 345 Å². The van der Waals surface area contributed by atoms with Gasteiger partial charge in [0.15, 0.2) is 0 Å². The van der Waals surface area contributed by atoms with Gasteiger partial charge in [-0.05, 0) is 39.4 Å². The molecule has 0 amide bonds. The monoisotopic (exact) mass is 936 g/mol. The minimum Gasteiger partial charge on any atom is -0.273 e. The summed E-state index contributed by atoms with van der Waals surface area (Å²) in [6, 6.07) is 20.6. The van der Waals surface area contributed by atoms with Gasteiger partial charge in [-0.15, -0.1) is 23.1 Å². The van der Waals surface area contributed by atoms with E-state index in [2.05, 4.69) is 120 Å². The fraction of sp³-hybridized carbons (Fsp3) is 0.408. The van der Waals surface area contributed by atoms with Crippen molar-refractivity contribution < 1.29 is 50.2 Å². The van der Waals surface area contributed by atoms with Crippen LogP contribution in [0.3, 0.4) is 0 Å². The zero-order chi connectivity index (χ0) is 42.2. The van der Waals surface area contributed by atoms with Gasteiger partial charge in [0.1, 0.15) is 0 Å². The summed E-state index contributed by atoms with van der Waals surface area (Å²) >= 11 is 0.493. The van der Waals surface area contributed by atoms with Crippen LogP contribution in [0.2, 0.25) is 0 Å². The van der Waals surface area contributed by atoms with Crippen molar-refractivity contribution >= 4 is 3.26 Å². The van der Waals surface area contributed by atoms with Gasteiger partial charge >= 0.3 is 137 Å². The second-order valence-corrected chi connectivity index (χ2v) is 20.5. The molecule has 0 fully saturated rings. The number of benzene rings is 4. The first-order chi connectivity index (χ1) is 25.5. The third-order valence-corrected chi connectivity index (χ3v) is 11.9. The minimum atomic E-state index is -4.40. The molecule has 0 saturated heterocycles. The van der Waals surface area contributed by atoms with Crippen molar-refractivity contribution in [2.75, 3.05) is 0 Å². The fourth-order valence-electron chi connectivity index (χ4n) is 6.78. The molecular formula is C49H54F6Hf. The van der Waals surface area contributed by atoms with Gasteiger partial charge < -0.3 is 0 Å². The molecule has 7 heteroatoms. The van der Waals surface area contributed by atoms with Crippen molar-refractivity contribution in [2.24, 2.45) is 0 Å². The average molecular weight is 935 g/mol. The second kappa shape index (κ2) is 16.5. The van der Waals surface area contributed by atoms with E-state index in [1.54, 1.807) is 0 Å². The SMILES string of the molecule is CC(C)(C)c1[c-]c2c(cc1C(C)(C)C)-c1cc(C(C)(C)C)c(C(C)(C)C)cc1C2.FC(F)(F)c1ccc([C](=[Hf+2])c2ccc(C(F)(F)F)cc2)cc1.[C-]1=CC=CC1. The Hall–Kier alpha value is -3.32. The van der Waals surface area contributed by atoms with Crippen molar-refractivity contribution in [1.82, 2.24) is 0 Å². The van der Waals surface area contributed by atoms with Gasteiger partial charge in [0.05, 0.1) is 0 Å². The van der Waals surface area contributed by atoms with Crippen molar-refractivity contribution in [2.45, 2.75) is 130 Å². The second-order valence-electron chi connectivity index (χ2n) is 18.7. The normalized spacial score (nSPS) is 14.1. The third kappa shape index (κ3) is 11.2. The van der Waals surface area contributed by atoms with Gasteiger partial charge in [-0.25, -0.2) is 12.2 Å². The smallest absolute Gasteiger partial charge is 0.109 e. The molecule has 2 aliphatic carbocycles. The largest absolute Gasteiger partial charge is 0.273 e. The number of alkyl halides is 6. The van der Waals surface area contributed by atoms with E-state index in [0.717, 1.165) is 40.4 Å². The summed E-state index contributed by atoms with van der Waals surface area (Å²) < 4.78 is 75.7. The predicted molar refractivity (Wildman–Crippen MR) is 216 cm³/mol. The van der Waals surface area contributed by atoms with Gasteiger partial charge in [-0.3, -0.25) is 6.08 Å². The van der Waals surface area contributed by atoms with Gasteiger partial charge in [0, 0.05) is 0 Å². The van der Waals surface area contributed by atoms with Crippen LogP contribution < -0.4 is 0 Å². The number of fused-ring (bicyclic) bond motifs is 3. The van der Waals surface area contributed by atoms with E-state index in [9.17, 15) is 26.3 Å². The predicted octanol–water partition coefficient (Wildman–Crippen LogP) is 14.4. The molecule has 6 rings (SSSR count). The van der Waals surface area contributed by atoms with Gasteiger partial charge in [-0.1, -0.05) is 106 Å². The molecule has 0 N–H and O–H groups in total. The van der Waals surface area contributed by atoms with E-state index in [1.165, 1.54) is 68.8 Å². The van der Waals surface area contributed by atoms with Crippen LogP contribution in [0.25, 0.3) is 11.1 Å². The maximum Gasteiger partial charge on any atom is -0.109 e. The molecule has 0 heterocycles.